The first-order chi connectivity index (χ1) is 9.18. The number of hydrogen-bond acceptors (Lipinski definition) is 3. The SMILES string of the molecule is CN1C(=O)C(c2ccccc2)Oc2cccc(N)c21. The normalized spacial score (nSPS) is 17.8. The van der Waals surface area contributed by atoms with Crippen LogP contribution < -0.4 is 15.4 Å². The predicted molar refractivity (Wildman–Crippen MR) is 74.1 cm³/mol. The molecule has 96 valence electrons. The van der Waals surface area contributed by atoms with Crippen LogP contribution in [0, 0.1) is 0 Å². The van der Waals surface area contributed by atoms with Crippen molar-refractivity contribution in [3.8, 4) is 5.75 Å². The Morgan fingerprint density at radius 2 is 1.84 bits per heavy atom. The molecule has 4 nitrogen and oxygen atoms in total. The van der Waals surface area contributed by atoms with Crippen molar-refractivity contribution >= 4 is 17.3 Å². The molecular formula is C15H14N2O2. The zero-order valence-electron chi connectivity index (χ0n) is 10.5. The molecule has 19 heavy (non-hydrogen) atoms. The third-order valence-electron chi connectivity index (χ3n) is 3.27. The van der Waals surface area contributed by atoms with Crippen LogP contribution in [0.3, 0.4) is 0 Å². The number of anilines is 2. The lowest BCUT2D eigenvalue weighted by Crippen LogP contribution is -2.38. The molecule has 1 atom stereocenters. The van der Waals surface area contributed by atoms with Gasteiger partial charge in [0, 0.05) is 12.6 Å². The van der Waals surface area contributed by atoms with Crippen molar-refractivity contribution in [3.63, 3.8) is 0 Å². The van der Waals surface area contributed by atoms with Gasteiger partial charge in [-0.05, 0) is 12.1 Å². The number of benzene rings is 2. The van der Waals surface area contributed by atoms with Gasteiger partial charge in [-0.25, -0.2) is 0 Å². The maximum absolute atomic E-state index is 12.4. The highest BCUT2D eigenvalue weighted by Gasteiger charge is 2.34. The fraction of sp³-hybridized carbons (Fsp3) is 0.133. The van der Waals surface area contributed by atoms with Crippen LogP contribution >= 0.6 is 0 Å². The third-order valence-corrected chi connectivity index (χ3v) is 3.27. The molecule has 4 heteroatoms. The lowest BCUT2D eigenvalue weighted by atomic mass is 10.1. The van der Waals surface area contributed by atoms with Crippen LogP contribution in [-0.2, 0) is 4.79 Å². The number of nitrogens with zero attached hydrogens (tertiary/aromatic N) is 1. The summed E-state index contributed by atoms with van der Waals surface area (Å²) in [5.41, 5.74) is 7.92. The number of carbonyl (C=O) groups excluding carboxylic acids is 1. The van der Waals surface area contributed by atoms with Crippen LogP contribution in [-0.4, -0.2) is 13.0 Å². The lowest BCUT2D eigenvalue weighted by molar-refractivity contribution is -0.126. The summed E-state index contributed by atoms with van der Waals surface area (Å²) in [6, 6.07) is 14.9. The number of likely N-dealkylation sites (N-methyl/N-ethyl adjacent to an activating group) is 1. The maximum Gasteiger partial charge on any atom is 0.272 e. The van der Waals surface area contributed by atoms with Crippen molar-refractivity contribution in [2.75, 3.05) is 17.7 Å². The van der Waals surface area contributed by atoms with Gasteiger partial charge in [-0.3, -0.25) is 4.79 Å². The largest absolute Gasteiger partial charge is 0.474 e. The highest BCUT2D eigenvalue weighted by molar-refractivity contribution is 6.02. The summed E-state index contributed by atoms with van der Waals surface area (Å²) in [5.74, 6) is 0.521. The monoisotopic (exact) mass is 254 g/mol. The smallest absolute Gasteiger partial charge is 0.272 e. The fourth-order valence-electron chi connectivity index (χ4n) is 2.30. The zero-order valence-corrected chi connectivity index (χ0v) is 10.5. The summed E-state index contributed by atoms with van der Waals surface area (Å²) in [7, 11) is 1.72. The van der Waals surface area contributed by atoms with Crippen LogP contribution in [0.25, 0.3) is 0 Å². The van der Waals surface area contributed by atoms with Crippen LogP contribution in [0.2, 0.25) is 0 Å². The summed E-state index contributed by atoms with van der Waals surface area (Å²) >= 11 is 0. The Labute approximate surface area is 111 Å². The minimum atomic E-state index is -0.611. The van der Waals surface area contributed by atoms with E-state index in [9.17, 15) is 4.79 Å². The Bertz CT molecular complexity index is 625. The van der Waals surface area contributed by atoms with E-state index in [0.717, 1.165) is 5.56 Å². The van der Waals surface area contributed by atoms with Crippen LogP contribution in [0.1, 0.15) is 11.7 Å². The van der Waals surface area contributed by atoms with Gasteiger partial charge in [-0.2, -0.15) is 0 Å². The highest BCUT2D eigenvalue weighted by atomic mass is 16.5. The van der Waals surface area contributed by atoms with Crippen molar-refractivity contribution in [2.24, 2.45) is 0 Å². The second kappa shape index (κ2) is 4.31. The molecule has 3 rings (SSSR count). The Kier molecular flexibility index (Phi) is 2.63. The fourth-order valence-corrected chi connectivity index (χ4v) is 2.30. The molecule has 0 aliphatic carbocycles. The molecule has 2 aromatic carbocycles. The first-order valence-electron chi connectivity index (χ1n) is 6.06. The van der Waals surface area contributed by atoms with E-state index in [4.69, 9.17) is 10.5 Å². The highest BCUT2D eigenvalue weighted by Crippen LogP contribution is 2.41. The Balaban J connectivity index is 2.07. The van der Waals surface area contributed by atoms with Gasteiger partial charge in [0.1, 0.15) is 11.4 Å². The van der Waals surface area contributed by atoms with Gasteiger partial charge in [0.05, 0.1) is 5.69 Å². The number of nitrogen functional groups attached to an aromatic ring is 1. The van der Waals surface area contributed by atoms with Crippen molar-refractivity contribution < 1.29 is 9.53 Å². The average molecular weight is 254 g/mol. The van der Waals surface area contributed by atoms with E-state index in [1.807, 2.05) is 42.5 Å². The molecule has 0 radical (unpaired) electrons. The number of nitrogens with two attached hydrogens (primary N) is 1. The number of carbonyl (C=O) groups is 1. The summed E-state index contributed by atoms with van der Waals surface area (Å²) in [6.07, 6.45) is -0.611. The van der Waals surface area contributed by atoms with Gasteiger partial charge in [-0.15, -0.1) is 0 Å². The molecule has 0 saturated heterocycles. The molecule has 1 amide bonds. The molecule has 1 aliphatic heterocycles. The molecule has 1 aliphatic rings. The maximum atomic E-state index is 12.4. The minimum absolute atomic E-state index is 0.114. The Hall–Kier alpha value is -2.49. The number of hydrogen-bond donors (Lipinski definition) is 1. The van der Waals surface area contributed by atoms with Gasteiger partial charge >= 0.3 is 0 Å². The van der Waals surface area contributed by atoms with Gasteiger partial charge < -0.3 is 15.4 Å². The van der Waals surface area contributed by atoms with Gasteiger partial charge in [0.2, 0.25) is 6.10 Å². The van der Waals surface area contributed by atoms with Crippen LogP contribution in [0.15, 0.2) is 48.5 Å². The van der Waals surface area contributed by atoms with Crippen LogP contribution in [0.4, 0.5) is 11.4 Å². The molecule has 0 spiro atoms. The molecule has 1 heterocycles. The second-order valence-electron chi connectivity index (χ2n) is 4.50. The molecule has 1 unspecified atom stereocenters. The third kappa shape index (κ3) is 1.81. The number of amides is 1. The topological polar surface area (TPSA) is 55.6 Å². The quantitative estimate of drug-likeness (QED) is 0.795. The first kappa shape index (κ1) is 11.6. The summed E-state index contributed by atoms with van der Waals surface area (Å²) in [6.45, 7) is 0. The first-order valence-corrected chi connectivity index (χ1v) is 6.06. The molecule has 0 fully saturated rings. The molecule has 2 aromatic rings. The number of rotatable bonds is 1. The molecule has 2 N–H and O–H groups in total. The molecule has 0 saturated carbocycles. The average Bonchev–Trinajstić information content (AvgIpc) is 2.43. The van der Waals surface area contributed by atoms with Gasteiger partial charge in [-0.1, -0.05) is 36.4 Å². The molecule has 0 bridgehead atoms. The zero-order chi connectivity index (χ0) is 13.4. The van der Waals surface area contributed by atoms with E-state index in [-0.39, 0.29) is 5.91 Å². The number of para-hydroxylation sites is 1. The molecule has 0 aromatic heterocycles. The van der Waals surface area contributed by atoms with E-state index >= 15 is 0 Å². The van der Waals surface area contributed by atoms with Gasteiger partial charge in [0.15, 0.2) is 0 Å². The summed E-state index contributed by atoms with van der Waals surface area (Å²) in [5, 5.41) is 0. The van der Waals surface area contributed by atoms with E-state index in [0.29, 0.717) is 17.1 Å². The van der Waals surface area contributed by atoms with E-state index < -0.39 is 6.10 Å². The number of fused-ring (bicyclic) bond motifs is 1. The van der Waals surface area contributed by atoms with Crippen molar-refractivity contribution in [1.82, 2.24) is 0 Å². The summed E-state index contributed by atoms with van der Waals surface area (Å²) in [4.78, 5) is 13.9. The second-order valence-corrected chi connectivity index (χ2v) is 4.50. The van der Waals surface area contributed by atoms with E-state index in [2.05, 4.69) is 0 Å². The van der Waals surface area contributed by atoms with Gasteiger partial charge in [0.25, 0.3) is 5.91 Å². The molecular weight excluding hydrogens is 240 g/mol. The Morgan fingerprint density at radius 3 is 2.58 bits per heavy atom. The van der Waals surface area contributed by atoms with Crippen LogP contribution in [0.5, 0.6) is 5.75 Å². The Morgan fingerprint density at radius 1 is 1.11 bits per heavy atom. The van der Waals surface area contributed by atoms with E-state index in [1.165, 1.54) is 0 Å². The minimum Gasteiger partial charge on any atom is -0.474 e. The van der Waals surface area contributed by atoms with Crippen molar-refractivity contribution in [3.05, 3.63) is 54.1 Å². The van der Waals surface area contributed by atoms with Crippen molar-refractivity contribution in [2.45, 2.75) is 6.10 Å². The number of ether oxygens (including phenoxy) is 1. The lowest BCUT2D eigenvalue weighted by Gasteiger charge is -2.32. The summed E-state index contributed by atoms with van der Waals surface area (Å²) < 4.78 is 5.81. The standard InChI is InChI=1S/C15H14N2O2/c1-17-13-11(16)8-5-9-12(13)19-14(15(17)18)10-6-3-2-4-7-10/h2-9,14H,16H2,1H3. The van der Waals surface area contributed by atoms with Crippen molar-refractivity contribution in [1.29, 1.82) is 0 Å². The predicted octanol–water partition coefficient (Wildman–Crippen LogP) is 2.37. The van der Waals surface area contributed by atoms with E-state index in [1.54, 1.807) is 18.0 Å².